The Labute approximate surface area is 134 Å². The minimum Gasteiger partial charge on any atom is -0.416 e. The van der Waals surface area contributed by atoms with Crippen molar-refractivity contribution in [3.05, 3.63) is 0 Å². The molecule has 122 valence electrons. The monoisotopic (exact) mass is 336 g/mol. The lowest BCUT2D eigenvalue weighted by Crippen LogP contribution is -2.44. The highest BCUT2D eigenvalue weighted by atomic mass is 32.1. The van der Waals surface area contributed by atoms with Crippen molar-refractivity contribution >= 4 is 29.3 Å². The maximum absolute atomic E-state index is 6.20. The summed E-state index contributed by atoms with van der Waals surface area (Å²) in [6.45, 7) is 24.1. The smallest absolute Gasteiger partial charge is 0.192 e. The molecule has 0 spiro atoms. The Morgan fingerprint density at radius 2 is 1.00 bits per heavy atom. The molecule has 0 N–H and O–H groups in total. The Morgan fingerprint density at radius 1 is 0.750 bits per heavy atom. The highest BCUT2D eigenvalue weighted by Crippen LogP contribution is 2.38. The molecule has 0 aromatic carbocycles. The molecule has 0 aliphatic rings. The fraction of sp³-hybridized carbons (Fsp3) is 1.00. The molecule has 0 amide bonds. The van der Waals surface area contributed by atoms with Gasteiger partial charge in [0.1, 0.15) is 0 Å². The third-order valence-electron chi connectivity index (χ3n) is 4.89. The number of hydrogen-bond acceptors (Lipinski definition) is 3. The Kier molecular flexibility index (Phi) is 7.10. The van der Waals surface area contributed by atoms with Crippen molar-refractivity contribution in [3.8, 4) is 0 Å². The van der Waals surface area contributed by atoms with E-state index in [1.165, 1.54) is 0 Å². The molecule has 0 saturated carbocycles. The Hall–Kier alpha value is 0.704. The van der Waals surface area contributed by atoms with E-state index in [1.54, 1.807) is 0 Å². The van der Waals surface area contributed by atoms with Crippen LogP contribution in [0.5, 0.6) is 0 Å². The molecule has 0 aliphatic heterocycles. The average Bonchev–Trinajstić information content (AvgIpc) is 2.20. The average molecular weight is 337 g/mol. The summed E-state index contributed by atoms with van der Waals surface area (Å²) >= 11 is 4.64. The summed E-state index contributed by atoms with van der Waals surface area (Å²) in [5.41, 5.74) is 0. The Bertz CT molecular complexity index is 274. The van der Waals surface area contributed by atoms with Gasteiger partial charge < -0.3 is 8.85 Å². The molecule has 0 bridgehead atoms. The predicted molar refractivity (Wildman–Crippen MR) is 99.1 cm³/mol. The second-order valence-corrected chi connectivity index (χ2v) is 19.1. The summed E-state index contributed by atoms with van der Waals surface area (Å²) in [6.07, 6.45) is 0. The van der Waals surface area contributed by atoms with Gasteiger partial charge in [0.2, 0.25) is 0 Å². The van der Waals surface area contributed by atoms with Crippen LogP contribution in [0.25, 0.3) is 0 Å². The van der Waals surface area contributed by atoms with Crippen LogP contribution in [0, 0.1) is 0 Å². The highest BCUT2D eigenvalue weighted by Gasteiger charge is 2.39. The minimum atomic E-state index is -1.67. The molecule has 0 fully saturated rings. The van der Waals surface area contributed by atoms with Crippen molar-refractivity contribution in [2.24, 2.45) is 0 Å². The molecule has 0 aliphatic carbocycles. The first-order chi connectivity index (χ1) is 8.60. The zero-order valence-electron chi connectivity index (χ0n) is 15.3. The number of hydrogen-bond donors (Lipinski definition) is 1. The summed E-state index contributed by atoms with van der Waals surface area (Å²) < 4.78 is 12.4. The van der Waals surface area contributed by atoms with Gasteiger partial charge in [-0.15, -0.1) is 0 Å². The van der Waals surface area contributed by atoms with Crippen LogP contribution in [0.15, 0.2) is 0 Å². The molecule has 0 heterocycles. The van der Waals surface area contributed by atoms with Crippen LogP contribution in [-0.2, 0) is 8.85 Å². The molecule has 20 heavy (non-hydrogen) atoms. The molecule has 0 aromatic rings. The van der Waals surface area contributed by atoms with Gasteiger partial charge >= 0.3 is 0 Å². The van der Waals surface area contributed by atoms with Crippen molar-refractivity contribution in [1.29, 1.82) is 0 Å². The van der Waals surface area contributed by atoms with Gasteiger partial charge in [-0.1, -0.05) is 41.5 Å². The van der Waals surface area contributed by atoms with Gasteiger partial charge in [-0.25, -0.2) is 0 Å². The maximum atomic E-state index is 6.20. The normalized spacial score (nSPS) is 15.0. The van der Waals surface area contributed by atoms with E-state index in [4.69, 9.17) is 8.85 Å². The van der Waals surface area contributed by atoms with E-state index in [1.807, 2.05) is 0 Å². The van der Waals surface area contributed by atoms with Crippen molar-refractivity contribution in [1.82, 2.24) is 0 Å². The van der Waals surface area contributed by atoms with Crippen molar-refractivity contribution in [2.45, 2.75) is 83.1 Å². The molecule has 0 atom stereocenters. The molecule has 0 saturated heterocycles. The fourth-order valence-electron chi connectivity index (χ4n) is 1.09. The van der Waals surface area contributed by atoms with Gasteiger partial charge in [0.05, 0.1) is 0 Å². The van der Waals surface area contributed by atoms with Crippen LogP contribution in [-0.4, -0.2) is 35.1 Å². The van der Waals surface area contributed by atoms with Crippen LogP contribution in [0.1, 0.15) is 41.5 Å². The molecule has 0 aromatic heterocycles. The fourth-order valence-corrected chi connectivity index (χ4v) is 3.62. The van der Waals surface area contributed by atoms with E-state index in [-0.39, 0.29) is 15.3 Å². The van der Waals surface area contributed by atoms with Crippen LogP contribution >= 0.6 is 12.6 Å². The Morgan fingerprint density at radius 3 is 1.20 bits per heavy atom. The van der Waals surface area contributed by atoms with Gasteiger partial charge in [-0.3, -0.25) is 0 Å². The molecule has 2 nitrogen and oxygen atoms in total. The second kappa shape index (κ2) is 6.86. The first-order valence-electron chi connectivity index (χ1n) is 7.56. The van der Waals surface area contributed by atoms with E-state index in [2.05, 4.69) is 80.4 Å². The van der Waals surface area contributed by atoms with Crippen molar-refractivity contribution in [3.63, 3.8) is 0 Å². The van der Waals surface area contributed by atoms with E-state index in [0.29, 0.717) is 13.2 Å². The van der Waals surface area contributed by atoms with Crippen LogP contribution in [0.3, 0.4) is 0 Å². The van der Waals surface area contributed by atoms with Gasteiger partial charge in [0.25, 0.3) is 0 Å². The molecule has 0 radical (unpaired) electrons. The van der Waals surface area contributed by atoms with Crippen molar-refractivity contribution in [2.75, 3.05) is 13.2 Å². The van der Waals surface area contributed by atoms with E-state index in [9.17, 15) is 0 Å². The zero-order valence-corrected chi connectivity index (χ0v) is 18.1. The molecule has 0 rings (SSSR count). The van der Waals surface area contributed by atoms with Gasteiger partial charge in [0, 0.05) is 18.5 Å². The summed E-state index contributed by atoms with van der Waals surface area (Å²) in [5.74, 6) is 0. The Balaban J connectivity index is 4.31. The van der Waals surface area contributed by atoms with E-state index < -0.39 is 16.6 Å². The zero-order chi connectivity index (χ0) is 16.4. The van der Waals surface area contributed by atoms with Crippen molar-refractivity contribution < 1.29 is 8.85 Å². The van der Waals surface area contributed by atoms with Gasteiger partial charge in [0.15, 0.2) is 16.6 Å². The van der Waals surface area contributed by atoms with Crippen LogP contribution in [0.2, 0.25) is 36.3 Å². The SMILES string of the molecule is CC(C)(C)[Si](C)(C)OCC(S)CO[Si](C)(C)C(C)(C)C. The standard InChI is InChI=1S/C15H36O2SSi2/c1-14(2,3)19(7,8)16-11-13(18)12-17-20(9,10)15(4,5)6/h13,18H,11-12H2,1-10H3. The number of rotatable bonds is 6. The first-order valence-corrected chi connectivity index (χ1v) is 13.9. The summed E-state index contributed by atoms with van der Waals surface area (Å²) in [5, 5.41) is 0.667. The molecular weight excluding hydrogens is 300 g/mol. The van der Waals surface area contributed by atoms with Gasteiger partial charge in [-0.05, 0) is 36.3 Å². The topological polar surface area (TPSA) is 18.5 Å². The lowest BCUT2D eigenvalue weighted by Gasteiger charge is -2.38. The van der Waals surface area contributed by atoms with Gasteiger partial charge in [-0.2, -0.15) is 12.6 Å². The number of thiol groups is 1. The molecular formula is C15H36O2SSi2. The van der Waals surface area contributed by atoms with Crippen LogP contribution < -0.4 is 0 Å². The molecule has 5 heteroatoms. The van der Waals surface area contributed by atoms with E-state index in [0.717, 1.165) is 0 Å². The third kappa shape index (κ3) is 6.22. The first kappa shape index (κ1) is 20.7. The predicted octanol–water partition coefficient (Wildman–Crippen LogP) is 5.33. The summed E-state index contributed by atoms with van der Waals surface area (Å²) in [4.78, 5) is 0. The largest absolute Gasteiger partial charge is 0.416 e. The molecule has 0 unspecified atom stereocenters. The summed E-state index contributed by atoms with van der Waals surface area (Å²) in [6, 6.07) is 0. The maximum Gasteiger partial charge on any atom is 0.192 e. The highest BCUT2D eigenvalue weighted by molar-refractivity contribution is 7.81. The lowest BCUT2D eigenvalue weighted by molar-refractivity contribution is 0.230. The lowest BCUT2D eigenvalue weighted by atomic mass is 10.2. The van der Waals surface area contributed by atoms with E-state index >= 15 is 0 Å². The minimum absolute atomic E-state index is 0.165. The van der Waals surface area contributed by atoms with Crippen LogP contribution in [0.4, 0.5) is 0 Å². The second-order valence-electron chi connectivity index (χ2n) is 8.80. The quantitative estimate of drug-likeness (QED) is 0.522. The summed E-state index contributed by atoms with van der Waals surface area (Å²) in [7, 11) is -3.34. The third-order valence-corrected chi connectivity index (χ3v) is 14.2.